The van der Waals surface area contributed by atoms with Crippen LogP contribution in [0.4, 0.5) is 0 Å². The lowest BCUT2D eigenvalue weighted by molar-refractivity contribution is 0.0134. The first-order valence-electron chi connectivity index (χ1n) is 6.37. The molecule has 0 amide bonds. The largest absolute Gasteiger partial charge is 0.381 e. The quantitative estimate of drug-likeness (QED) is 0.894. The van der Waals surface area contributed by atoms with Gasteiger partial charge in [0.25, 0.3) is 0 Å². The van der Waals surface area contributed by atoms with Crippen molar-refractivity contribution in [2.75, 3.05) is 19.8 Å². The van der Waals surface area contributed by atoms with Crippen molar-refractivity contribution in [2.45, 2.75) is 25.5 Å². The fourth-order valence-corrected chi connectivity index (χ4v) is 2.28. The van der Waals surface area contributed by atoms with Crippen LogP contribution in [0.15, 0.2) is 24.3 Å². The molecule has 1 fully saturated rings. The standard InChI is InChI=1S/C14H20ClNO2/c1-10(16)14(12-2-4-13(15)5-3-12)18-9-11-6-7-17-8-11/h2-5,10-11,14H,6-9,16H2,1H3. The van der Waals surface area contributed by atoms with Gasteiger partial charge in [0, 0.05) is 23.6 Å². The highest BCUT2D eigenvalue weighted by atomic mass is 35.5. The molecule has 1 aromatic rings. The summed E-state index contributed by atoms with van der Waals surface area (Å²) in [5, 5.41) is 0.728. The van der Waals surface area contributed by atoms with Gasteiger partial charge in [-0.15, -0.1) is 0 Å². The van der Waals surface area contributed by atoms with Gasteiger partial charge in [0.2, 0.25) is 0 Å². The van der Waals surface area contributed by atoms with E-state index in [0.717, 1.165) is 30.2 Å². The maximum absolute atomic E-state index is 6.00. The molecule has 4 heteroatoms. The maximum Gasteiger partial charge on any atom is 0.0973 e. The maximum atomic E-state index is 6.00. The van der Waals surface area contributed by atoms with Crippen LogP contribution in [0.5, 0.6) is 0 Å². The third-order valence-corrected chi connectivity index (χ3v) is 3.46. The summed E-state index contributed by atoms with van der Waals surface area (Å²) in [5.74, 6) is 0.499. The van der Waals surface area contributed by atoms with Gasteiger partial charge in [-0.25, -0.2) is 0 Å². The molecule has 18 heavy (non-hydrogen) atoms. The van der Waals surface area contributed by atoms with Crippen molar-refractivity contribution in [1.82, 2.24) is 0 Å². The molecule has 0 saturated carbocycles. The first kappa shape index (κ1) is 13.8. The van der Waals surface area contributed by atoms with Crippen LogP contribution < -0.4 is 5.73 Å². The first-order chi connectivity index (χ1) is 8.66. The van der Waals surface area contributed by atoms with E-state index in [4.69, 9.17) is 26.8 Å². The second-order valence-electron chi connectivity index (χ2n) is 4.89. The highest BCUT2D eigenvalue weighted by molar-refractivity contribution is 6.30. The number of hydrogen-bond donors (Lipinski definition) is 1. The summed E-state index contributed by atoms with van der Waals surface area (Å²) in [4.78, 5) is 0. The molecule has 3 atom stereocenters. The van der Waals surface area contributed by atoms with E-state index in [9.17, 15) is 0 Å². The molecule has 2 rings (SSSR count). The number of nitrogens with two attached hydrogens (primary N) is 1. The molecule has 1 aliphatic rings. The van der Waals surface area contributed by atoms with E-state index >= 15 is 0 Å². The molecule has 2 N–H and O–H groups in total. The van der Waals surface area contributed by atoms with Gasteiger partial charge in [0.1, 0.15) is 0 Å². The van der Waals surface area contributed by atoms with Crippen LogP contribution in [0.25, 0.3) is 0 Å². The summed E-state index contributed by atoms with van der Waals surface area (Å²) in [7, 11) is 0. The Morgan fingerprint density at radius 2 is 2.17 bits per heavy atom. The van der Waals surface area contributed by atoms with Crippen molar-refractivity contribution in [1.29, 1.82) is 0 Å². The van der Waals surface area contributed by atoms with E-state index in [2.05, 4.69) is 0 Å². The molecule has 0 bridgehead atoms. The normalized spacial score (nSPS) is 22.9. The fraction of sp³-hybridized carbons (Fsp3) is 0.571. The third-order valence-electron chi connectivity index (χ3n) is 3.21. The second-order valence-corrected chi connectivity index (χ2v) is 5.33. The van der Waals surface area contributed by atoms with Gasteiger partial charge in [-0.1, -0.05) is 23.7 Å². The highest BCUT2D eigenvalue weighted by Gasteiger charge is 2.21. The zero-order valence-corrected chi connectivity index (χ0v) is 11.4. The lowest BCUT2D eigenvalue weighted by Crippen LogP contribution is -2.28. The van der Waals surface area contributed by atoms with Gasteiger partial charge in [-0.05, 0) is 31.0 Å². The molecular weight excluding hydrogens is 250 g/mol. The van der Waals surface area contributed by atoms with Crippen LogP contribution in [0.2, 0.25) is 5.02 Å². The summed E-state index contributed by atoms with van der Waals surface area (Å²) in [5.41, 5.74) is 7.08. The van der Waals surface area contributed by atoms with Crippen molar-refractivity contribution < 1.29 is 9.47 Å². The van der Waals surface area contributed by atoms with Crippen LogP contribution in [-0.4, -0.2) is 25.9 Å². The molecule has 0 spiro atoms. The summed E-state index contributed by atoms with van der Waals surface area (Å²) in [6.45, 7) is 4.31. The summed E-state index contributed by atoms with van der Waals surface area (Å²) in [6, 6.07) is 7.64. The Morgan fingerprint density at radius 1 is 1.44 bits per heavy atom. The summed E-state index contributed by atoms with van der Waals surface area (Å²) < 4.78 is 11.3. The van der Waals surface area contributed by atoms with E-state index < -0.39 is 0 Å². The molecule has 3 nitrogen and oxygen atoms in total. The third kappa shape index (κ3) is 3.69. The lowest BCUT2D eigenvalue weighted by atomic mass is 10.0. The number of halogens is 1. The Balaban J connectivity index is 1.96. The number of hydrogen-bond acceptors (Lipinski definition) is 3. The van der Waals surface area contributed by atoms with E-state index in [1.807, 2.05) is 31.2 Å². The highest BCUT2D eigenvalue weighted by Crippen LogP contribution is 2.24. The Kier molecular flexibility index (Phi) is 5.01. The van der Waals surface area contributed by atoms with Gasteiger partial charge >= 0.3 is 0 Å². The van der Waals surface area contributed by atoms with Crippen LogP contribution in [-0.2, 0) is 9.47 Å². The minimum atomic E-state index is -0.0807. The zero-order chi connectivity index (χ0) is 13.0. The summed E-state index contributed by atoms with van der Waals surface area (Å²) >= 11 is 5.89. The SMILES string of the molecule is CC(N)C(OCC1CCOC1)c1ccc(Cl)cc1. The molecule has 0 aromatic heterocycles. The number of ether oxygens (including phenoxy) is 2. The first-order valence-corrected chi connectivity index (χ1v) is 6.75. The van der Waals surface area contributed by atoms with Gasteiger partial charge < -0.3 is 15.2 Å². The molecule has 0 aliphatic carbocycles. The molecule has 1 aliphatic heterocycles. The molecule has 1 saturated heterocycles. The Bertz CT molecular complexity index is 361. The zero-order valence-electron chi connectivity index (χ0n) is 10.6. The van der Waals surface area contributed by atoms with Crippen molar-refractivity contribution in [2.24, 2.45) is 11.7 Å². The van der Waals surface area contributed by atoms with Crippen LogP contribution in [0.3, 0.4) is 0 Å². The number of benzene rings is 1. The average molecular weight is 270 g/mol. The molecule has 1 aromatic carbocycles. The van der Waals surface area contributed by atoms with Gasteiger partial charge in [-0.2, -0.15) is 0 Å². The second kappa shape index (κ2) is 6.53. The fourth-order valence-electron chi connectivity index (χ4n) is 2.16. The monoisotopic (exact) mass is 269 g/mol. The predicted octanol–water partition coefficient (Wildman–Crippen LogP) is 2.78. The van der Waals surface area contributed by atoms with Gasteiger partial charge in [0.15, 0.2) is 0 Å². The van der Waals surface area contributed by atoms with E-state index in [-0.39, 0.29) is 12.1 Å². The van der Waals surface area contributed by atoms with Gasteiger partial charge in [-0.3, -0.25) is 0 Å². The topological polar surface area (TPSA) is 44.5 Å². The molecule has 100 valence electrons. The molecule has 0 radical (unpaired) electrons. The summed E-state index contributed by atoms with van der Waals surface area (Å²) in [6.07, 6.45) is 0.995. The average Bonchev–Trinajstić information content (AvgIpc) is 2.84. The van der Waals surface area contributed by atoms with Crippen molar-refractivity contribution >= 4 is 11.6 Å². The van der Waals surface area contributed by atoms with E-state index in [1.165, 1.54) is 0 Å². The van der Waals surface area contributed by atoms with E-state index in [0.29, 0.717) is 12.5 Å². The Morgan fingerprint density at radius 3 is 2.72 bits per heavy atom. The predicted molar refractivity (Wildman–Crippen MR) is 72.7 cm³/mol. The molecule has 1 heterocycles. The van der Waals surface area contributed by atoms with Crippen molar-refractivity contribution in [3.05, 3.63) is 34.9 Å². The lowest BCUT2D eigenvalue weighted by Gasteiger charge is -2.23. The van der Waals surface area contributed by atoms with Crippen LogP contribution >= 0.6 is 11.6 Å². The molecular formula is C14H20ClNO2. The van der Waals surface area contributed by atoms with Crippen LogP contribution in [0.1, 0.15) is 25.0 Å². The van der Waals surface area contributed by atoms with Crippen molar-refractivity contribution in [3.63, 3.8) is 0 Å². The number of rotatable bonds is 5. The Labute approximate surface area is 113 Å². The van der Waals surface area contributed by atoms with Crippen molar-refractivity contribution in [3.8, 4) is 0 Å². The van der Waals surface area contributed by atoms with Crippen LogP contribution in [0, 0.1) is 5.92 Å². The molecule has 3 unspecified atom stereocenters. The minimum absolute atomic E-state index is 0.0477. The van der Waals surface area contributed by atoms with Gasteiger partial charge in [0.05, 0.1) is 19.3 Å². The smallest absolute Gasteiger partial charge is 0.0973 e. The Hall–Kier alpha value is -0.610. The van der Waals surface area contributed by atoms with E-state index in [1.54, 1.807) is 0 Å². The minimum Gasteiger partial charge on any atom is -0.381 e.